The molecule has 1 rings (SSSR count). The molecule has 0 amide bonds. The maximum atomic E-state index is 8.65. The minimum absolute atomic E-state index is 0.256. The minimum atomic E-state index is -0.256. The van der Waals surface area contributed by atoms with Gasteiger partial charge in [0.2, 0.25) is 0 Å². The molecule has 0 aliphatic rings. The Morgan fingerprint density at radius 3 is 2.25 bits per heavy atom. The topological polar surface area (TPSA) is 59.0 Å². The van der Waals surface area contributed by atoms with Crippen LogP contribution in [0.25, 0.3) is 0 Å². The summed E-state index contributed by atoms with van der Waals surface area (Å²) in [5.74, 6) is 0.760. The first-order valence-corrected chi connectivity index (χ1v) is 5.55. The zero-order valence-corrected chi connectivity index (χ0v) is 9.86. The third-order valence-electron chi connectivity index (χ3n) is 2.92. The molecule has 0 bridgehead atoms. The number of nitrogens with zero attached hydrogens (tertiary/aromatic N) is 1. The fraction of sp³-hybridized carbons (Fsp3) is 0.462. The SMILES string of the molecule is CCC(N)(CC)COc1ccc(C#N)cc1. The standard InChI is InChI=1S/C13H18N2O/c1-3-13(15,4-2)10-16-12-7-5-11(9-14)6-8-12/h5-8H,3-4,10,15H2,1-2H3. The van der Waals surface area contributed by atoms with Gasteiger partial charge in [-0.1, -0.05) is 13.8 Å². The molecule has 3 nitrogen and oxygen atoms in total. The van der Waals surface area contributed by atoms with E-state index < -0.39 is 0 Å². The summed E-state index contributed by atoms with van der Waals surface area (Å²) in [6.45, 7) is 4.63. The number of rotatable bonds is 5. The van der Waals surface area contributed by atoms with E-state index in [1.54, 1.807) is 24.3 Å². The molecule has 0 atom stereocenters. The number of benzene rings is 1. The molecule has 3 heteroatoms. The molecule has 86 valence electrons. The van der Waals surface area contributed by atoms with Gasteiger partial charge in [0, 0.05) is 5.54 Å². The molecule has 16 heavy (non-hydrogen) atoms. The second-order valence-electron chi connectivity index (χ2n) is 3.99. The van der Waals surface area contributed by atoms with Crippen LogP contribution in [0.15, 0.2) is 24.3 Å². The van der Waals surface area contributed by atoms with E-state index in [4.69, 9.17) is 15.7 Å². The van der Waals surface area contributed by atoms with Gasteiger partial charge in [-0.05, 0) is 37.1 Å². The van der Waals surface area contributed by atoms with Gasteiger partial charge in [-0.25, -0.2) is 0 Å². The van der Waals surface area contributed by atoms with Crippen LogP contribution in [0.4, 0.5) is 0 Å². The van der Waals surface area contributed by atoms with Gasteiger partial charge in [0.1, 0.15) is 12.4 Å². The number of hydrogen-bond donors (Lipinski definition) is 1. The van der Waals surface area contributed by atoms with Crippen molar-refractivity contribution < 1.29 is 4.74 Å². The average Bonchev–Trinajstić information content (AvgIpc) is 2.36. The minimum Gasteiger partial charge on any atom is -0.492 e. The van der Waals surface area contributed by atoms with E-state index in [0.717, 1.165) is 18.6 Å². The van der Waals surface area contributed by atoms with E-state index >= 15 is 0 Å². The van der Waals surface area contributed by atoms with Crippen molar-refractivity contribution in [3.8, 4) is 11.8 Å². The van der Waals surface area contributed by atoms with E-state index in [0.29, 0.717) is 12.2 Å². The summed E-state index contributed by atoms with van der Waals surface area (Å²) in [6, 6.07) is 9.14. The predicted octanol–water partition coefficient (Wildman–Crippen LogP) is 2.45. The van der Waals surface area contributed by atoms with Crippen LogP contribution < -0.4 is 10.5 Å². The lowest BCUT2D eigenvalue weighted by Crippen LogP contribution is -2.44. The van der Waals surface area contributed by atoms with Crippen LogP contribution in [0.2, 0.25) is 0 Å². The van der Waals surface area contributed by atoms with Crippen LogP contribution in [-0.4, -0.2) is 12.1 Å². The molecular formula is C13H18N2O. The fourth-order valence-corrected chi connectivity index (χ4v) is 1.31. The third kappa shape index (κ3) is 3.25. The molecule has 1 aromatic rings. The van der Waals surface area contributed by atoms with Gasteiger partial charge in [-0.3, -0.25) is 0 Å². The molecule has 0 unspecified atom stereocenters. The third-order valence-corrected chi connectivity index (χ3v) is 2.92. The Morgan fingerprint density at radius 2 is 1.81 bits per heavy atom. The highest BCUT2D eigenvalue weighted by molar-refractivity contribution is 5.34. The molecule has 0 fully saturated rings. The van der Waals surface area contributed by atoms with Crippen molar-refractivity contribution in [1.82, 2.24) is 0 Å². The zero-order chi connectivity index (χ0) is 12.0. The highest BCUT2D eigenvalue weighted by Crippen LogP contribution is 2.16. The first kappa shape index (κ1) is 12.5. The molecule has 0 aliphatic heterocycles. The summed E-state index contributed by atoms with van der Waals surface area (Å²) < 4.78 is 5.62. The second kappa shape index (κ2) is 5.53. The van der Waals surface area contributed by atoms with E-state index in [2.05, 4.69) is 19.9 Å². The molecule has 2 N–H and O–H groups in total. The molecule has 0 aliphatic carbocycles. The molecule has 0 aromatic heterocycles. The first-order chi connectivity index (χ1) is 7.63. The first-order valence-electron chi connectivity index (χ1n) is 5.55. The van der Waals surface area contributed by atoms with Crippen LogP contribution in [0.1, 0.15) is 32.3 Å². The lowest BCUT2D eigenvalue weighted by molar-refractivity contribution is 0.207. The van der Waals surface area contributed by atoms with Gasteiger partial charge in [0.05, 0.1) is 11.6 Å². The van der Waals surface area contributed by atoms with Crippen molar-refractivity contribution in [2.24, 2.45) is 5.73 Å². The quantitative estimate of drug-likeness (QED) is 0.825. The summed E-state index contributed by atoms with van der Waals surface area (Å²) in [6.07, 6.45) is 1.78. The van der Waals surface area contributed by atoms with Crippen molar-refractivity contribution in [2.45, 2.75) is 32.2 Å². The maximum Gasteiger partial charge on any atom is 0.119 e. The monoisotopic (exact) mass is 218 g/mol. The van der Waals surface area contributed by atoms with E-state index in [1.165, 1.54) is 0 Å². The second-order valence-corrected chi connectivity index (χ2v) is 3.99. The van der Waals surface area contributed by atoms with E-state index in [1.807, 2.05) is 0 Å². The molecule has 1 aromatic carbocycles. The van der Waals surface area contributed by atoms with Crippen molar-refractivity contribution in [1.29, 1.82) is 5.26 Å². The van der Waals surface area contributed by atoms with Crippen molar-refractivity contribution >= 4 is 0 Å². The van der Waals surface area contributed by atoms with Crippen LogP contribution >= 0.6 is 0 Å². The highest BCUT2D eigenvalue weighted by Gasteiger charge is 2.20. The van der Waals surface area contributed by atoms with Crippen molar-refractivity contribution in [2.75, 3.05) is 6.61 Å². The van der Waals surface area contributed by atoms with Gasteiger partial charge >= 0.3 is 0 Å². The Labute approximate surface area is 96.8 Å². The van der Waals surface area contributed by atoms with Crippen LogP contribution in [0.3, 0.4) is 0 Å². The summed E-state index contributed by atoms with van der Waals surface area (Å²) in [5, 5.41) is 8.65. The van der Waals surface area contributed by atoms with Crippen LogP contribution in [0.5, 0.6) is 5.75 Å². The normalized spacial score (nSPS) is 10.9. The molecule has 0 saturated carbocycles. The zero-order valence-electron chi connectivity index (χ0n) is 9.86. The van der Waals surface area contributed by atoms with Crippen molar-refractivity contribution in [3.05, 3.63) is 29.8 Å². The lowest BCUT2D eigenvalue weighted by atomic mass is 9.96. The van der Waals surface area contributed by atoms with E-state index in [-0.39, 0.29) is 5.54 Å². The Kier molecular flexibility index (Phi) is 4.33. The smallest absolute Gasteiger partial charge is 0.119 e. The average molecular weight is 218 g/mol. The summed E-state index contributed by atoms with van der Waals surface area (Å²) in [5.41, 5.74) is 6.50. The fourth-order valence-electron chi connectivity index (χ4n) is 1.31. The molecule has 0 spiro atoms. The number of nitrogens with two attached hydrogens (primary N) is 1. The predicted molar refractivity (Wildman–Crippen MR) is 64.2 cm³/mol. The largest absolute Gasteiger partial charge is 0.492 e. The van der Waals surface area contributed by atoms with Crippen LogP contribution in [-0.2, 0) is 0 Å². The molecule has 0 radical (unpaired) electrons. The number of nitriles is 1. The Bertz CT molecular complexity index is 361. The Balaban J connectivity index is 2.58. The van der Waals surface area contributed by atoms with Crippen LogP contribution in [0, 0.1) is 11.3 Å². The van der Waals surface area contributed by atoms with E-state index in [9.17, 15) is 0 Å². The van der Waals surface area contributed by atoms with Gasteiger partial charge < -0.3 is 10.5 Å². The van der Waals surface area contributed by atoms with Gasteiger partial charge in [-0.15, -0.1) is 0 Å². The van der Waals surface area contributed by atoms with Crippen molar-refractivity contribution in [3.63, 3.8) is 0 Å². The lowest BCUT2D eigenvalue weighted by Gasteiger charge is -2.26. The molecular weight excluding hydrogens is 200 g/mol. The summed E-state index contributed by atoms with van der Waals surface area (Å²) in [4.78, 5) is 0. The molecule has 0 heterocycles. The molecule has 0 saturated heterocycles. The summed E-state index contributed by atoms with van der Waals surface area (Å²) >= 11 is 0. The Hall–Kier alpha value is -1.53. The number of hydrogen-bond acceptors (Lipinski definition) is 3. The maximum absolute atomic E-state index is 8.65. The highest BCUT2D eigenvalue weighted by atomic mass is 16.5. The number of ether oxygens (including phenoxy) is 1. The van der Waals surface area contributed by atoms with Gasteiger partial charge in [0.25, 0.3) is 0 Å². The Morgan fingerprint density at radius 1 is 1.25 bits per heavy atom. The summed E-state index contributed by atoms with van der Waals surface area (Å²) in [7, 11) is 0. The van der Waals surface area contributed by atoms with Gasteiger partial charge in [0.15, 0.2) is 0 Å². The van der Waals surface area contributed by atoms with Gasteiger partial charge in [-0.2, -0.15) is 5.26 Å².